The van der Waals surface area contributed by atoms with Gasteiger partial charge < -0.3 is 9.26 Å². The van der Waals surface area contributed by atoms with Crippen molar-refractivity contribution in [2.24, 2.45) is 0 Å². The van der Waals surface area contributed by atoms with Gasteiger partial charge in [0.15, 0.2) is 0 Å². The molecule has 1 fully saturated rings. The number of nitrogens with zero attached hydrogens (tertiary/aromatic N) is 3. The van der Waals surface area contributed by atoms with E-state index in [9.17, 15) is 8.42 Å². The van der Waals surface area contributed by atoms with E-state index in [1.807, 2.05) is 36.4 Å². The Kier molecular flexibility index (Phi) is 6.59. The monoisotopic (exact) mass is 469 g/mol. The molecule has 0 spiro atoms. The molecular formula is C25H31N3O4S. The molecule has 0 unspecified atom stereocenters. The molecule has 0 saturated carbocycles. The third-order valence-corrected chi connectivity index (χ3v) is 8.66. The maximum absolute atomic E-state index is 13.2. The van der Waals surface area contributed by atoms with E-state index in [0.717, 1.165) is 23.3 Å². The van der Waals surface area contributed by atoms with Crippen LogP contribution >= 0.6 is 0 Å². The van der Waals surface area contributed by atoms with Gasteiger partial charge in [0.05, 0.1) is 12.0 Å². The molecule has 7 nitrogen and oxygen atoms in total. The van der Waals surface area contributed by atoms with Crippen LogP contribution in [0.4, 0.5) is 0 Å². The Bertz CT molecular complexity index is 1180. The zero-order valence-electron chi connectivity index (χ0n) is 19.6. The second kappa shape index (κ2) is 9.27. The average molecular weight is 470 g/mol. The van der Waals surface area contributed by atoms with Crippen molar-refractivity contribution in [1.82, 2.24) is 14.4 Å². The van der Waals surface area contributed by atoms with Crippen LogP contribution in [0.25, 0.3) is 11.4 Å². The molecule has 0 aliphatic carbocycles. The van der Waals surface area contributed by atoms with Crippen LogP contribution in [-0.4, -0.2) is 43.1 Å². The molecule has 1 saturated heterocycles. The number of benzene rings is 2. The first-order valence-corrected chi connectivity index (χ1v) is 12.8. The van der Waals surface area contributed by atoms with E-state index in [0.29, 0.717) is 42.5 Å². The molecule has 8 heteroatoms. The number of aromatic nitrogens is 2. The minimum atomic E-state index is -3.53. The molecule has 2 aromatic carbocycles. The van der Waals surface area contributed by atoms with E-state index in [-0.39, 0.29) is 11.3 Å². The van der Waals surface area contributed by atoms with Crippen LogP contribution in [0.5, 0.6) is 5.75 Å². The van der Waals surface area contributed by atoms with Crippen LogP contribution in [0.1, 0.15) is 57.4 Å². The summed E-state index contributed by atoms with van der Waals surface area (Å²) in [6.07, 6.45) is 2.28. The lowest BCUT2D eigenvalue weighted by atomic mass is 9.82. The number of hydrogen-bond donors (Lipinski definition) is 0. The SMILES string of the molecule is CCC(C)(C)c1ccc(S(=O)(=O)N2CCC(c3nc(-c4ccc(OC)cc4)no3)CC2)cc1. The van der Waals surface area contributed by atoms with Crippen molar-refractivity contribution in [2.45, 2.75) is 56.3 Å². The van der Waals surface area contributed by atoms with Gasteiger partial charge in [0.25, 0.3) is 0 Å². The number of methoxy groups -OCH3 is 1. The number of rotatable bonds is 7. The molecule has 0 amide bonds. The van der Waals surface area contributed by atoms with Gasteiger partial charge in [-0.3, -0.25) is 0 Å². The van der Waals surface area contributed by atoms with Crippen LogP contribution in [-0.2, 0) is 15.4 Å². The van der Waals surface area contributed by atoms with E-state index < -0.39 is 10.0 Å². The van der Waals surface area contributed by atoms with Gasteiger partial charge in [-0.1, -0.05) is 38.1 Å². The number of piperidine rings is 1. The Labute approximate surface area is 195 Å². The van der Waals surface area contributed by atoms with E-state index in [4.69, 9.17) is 9.26 Å². The highest BCUT2D eigenvalue weighted by atomic mass is 32.2. The summed E-state index contributed by atoms with van der Waals surface area (Å²) in [6.45, 7) is 7.32. The summed E-state index contributed by atoms with van der Waals surface area (Å²) in [6, 6.07) is 14.8. The molecule has 33 heavy (non-hydrogen) atoms. The smallest absolute Gasteiger partial charge is 0.243 e. The van der Waals surface area contributed by atoms with Crippen LogP contribution < -0.4 is 4.74 Å². The predicted molar refractivity (Wildman–Crippen MR) is 127 cm³/mol. The summed E-state index contributed by atoms with van der Waals surface area (Å²) in [7, 11) is -1.90. The van der Waals surface area contributed by atoms with Gasteiger partial charge in [-0.25, -0.2) is 8.42 Å². The van der Waals surface area contributed by atoms with Crippen molar-refractivity contribution in [3.63, 3.8) is 0 Å². The first kappa shape index (κ1) is 23.4. The molecule has 3 aromatic rings. The summed E-state index contributed by atoms with van der Waals surface area (Å²) in [4.78, 5) is 4.90. The van der Waals surface area contributed by atoms with Gasteiger partial charge in [-0.05, 0) is 66.6 Å². The van der Waals surface area contributed by atoms with Gasteiger partial charge in [-0.2, -0.15) is 9.29 Å². The highest BCUT2D eigenvalue weighted by molar-refractivity contribution is 7.89. The molecule has 1 aromatic heterocycles. The highest BCUT2D eigenvalue weighted by Gasteiger charge is 2.32. The second-order valence-corrected chi connectivity index (χ2v) is 11.1. The van der Waals surface area contributed by atoms with Crippen molar-refractivity contribution in [2.75, 3.05) is 20.2 Å². The van der Waals surface area contributed by atoms with Gasteiger partial charge in [-0.15, -0.1) is 0 Å². The third-order valence-electron chi connectivity index (χ3n) is 6.75. The Balaban J connectivity index is 1.41. The summed E-state index contributed by atoms with van der Waals surface area (Å²) < 4.78 is 38.6. The second-order valence-electron chi connectivity index (χ2n) is 9.12. The van der Waals surface area contributed by atoms with Gasteiger partial charge in [0, 0.05) is 24.6 Å². The Morgan fingerprint density at radius 3 is 2.27 bits per heavy atom. The van der Waals surface area contributed by atoms with Crippen LogP contribution in [0.3, 0.4) is 0 Å². The molecule has 1 aliphatic heterocycles. The van der Waals surface area contributed by atoms with Gasteiger partial charge >= 0.3 is 0 Å². The lowest BCUT2D eigenvalue weighted by Gasteiger charge is -2.30. The Hall–Kier alpha value is -2.71. The molecular weight excluding hydrogens is 438 g/mol. The summed E-state index contributed by atoms with van der Waals surface area (Å²) in [5, 5.41) is 4.11. The fraction of sp³-hybridized carbons (Fsp3) is 0.440. The largest absolute Gasteiger partial charge is 0.497 e. The zero-order chi connectivity index (χ0) is 23.6. The first-order valence-electron chi connectivity index (χ1n) is 11.3. The zero-order valence-corrected chi connectivity index (χ0v) is 20.4. The topological polar surface area (TPSA) is 85.5 Å². The lowest BCUT2D eigenvalue weighted by molar-refractivity contribution is 0.271. The van der Waals surface area contributed by atoms with Crippen molar-refractivity contribution >= 4 is 10.0 Å². The van der Waals surface area contributed by atoms with E-state index >= 15 is 0 Å². The number of ether oxygens (including phenoxy) is 1. The Morgan fingerprint density at radius 1 is 1.06 bits per heavy atom. The number of hydrogen-bond acceptors (Lipinski definition) is 6. The van der Waals surface area contributed by atoms with Crippen LogP contribution in [0.2, 0.25) is 0 Å². The molecule has 0 atom stereocenters. The van der Waals surface area contributed by atoms with Crippen molar-refractivity contribution in [3.8, 4) is 17.1 Å². The summed E-state index contributed by atoms with van der Waals surface area (Å²) >= 11 is 0. The van der Waals surface area contributed by atoms with E-state index in [1.165, 1.54) is 0 Å². The van der Waals surface area contributed by atoms with Crippen LogP contribution in [0, 0.1) is 0 Å². The molecule has 4 rings (SSSR count). The summed E-state index contributed by atoms with van der Waals surface area (Å²) in [5.41, 5.74) is 2.02. The number of sulfonamides is 1. The van der Waals surface area contributed by atoms with E-state index in [2.05, 4.69) is 30.9 Å². The fourth-order valence-electron chi connectivity index (χ4n) is 4.03. The molecule has 0 bridgehead atoms. The van der Waals surface area contributed by atoms with E-state index in [1.54, 1.807) is 23.5 Å². The minimum Gasteiger partial charge on any atom is -0.497 e. The fourth-order valence-corrected chi connectivity index (χ4v) is 5.50. The standard InChI is InChI=1S/C25H31N3O4S/c1-5-25(2,3)20-8-12-22(13-9-20)33(29,30)28-16-14-19(15-17-28)24-26-23(27-32-24)18-6-10-21(31-4)11-7-18/h6-13,19H,5,14-17H2,1-4H3. The molecule has 0 radical (unpaired) electrons. The third kappa shape index (κ3) is 4.82. The van der Waals surface area contributed by atoms with Crippen molar-refractivity contribution in [3.05, 3.63) is 60.0 Å². The normalized spacial score (nSPS) is 16.1. The lowest BCUT2D eigenvalue weighted by Crippen LogP contribution is -2.38. The molecule has 2 heterocycles. The van der Waals surface area contributed by atoms with Crippen LogP contribution in [0.15, 0.2) is 57.9 Å². The predicted octanol–water partition coefficient (Wildman–Crippen LogP) is 5.00. The molecule has 0 N–H and O–H groups in total. The minimum absolute atomic E-state index is 0.0232. The Morgan fingerprint density at radius 2 is 1.70 bits per heavy atom. The average Bonchev–Trinajstić information content (AvgIpc) is 3.34. The quantitative estimate of drug-likeness (QED) is 0.484. The molecule has 1 aliphatic rings. The maximum atomic E-state index is 13.2. The summed E-state index contributed by atoms with van der Waals surface area (Å²) in [5.74, 6) is 1.89. The van der Waals surface area contributed by atoms with Crippen molar-refractivity contribution < 1.29 is 17.7 Å². The van der Waals surface area contributed by atoms with Gasteiger partial charge in [0.1, 0.15) is 5.75 Å². The van der Waals surface area contributed by atoms with Gasteiger partial charge in [0.2, 0.25) is 21.7 Å². The molecule has 176 valence electrons. The maximum Gasteiger partial charge on any atom is 0.243 e. The first-order chi connectivity index (χ1) is 15.7. The van der Waals surface area contributed by atoms with Crippen molar-refractivity contribution in [1.29, 1.82) is 0 Å². The highest BCUT2D eigenvalue weighted by Crippen LogP contribution is 2.32.